The molecule has 0 spiro atoms. The topological polar surface area (TPSA) is 48.9 Å². The summed E-state index contributed by atoms with van der Waals surface area (Å²) in [4.78, 5) is 6.85. The number of methoxy groups -OCH3 is 1. The number of nitrogens with one attached hydrogen (secondary N) is 2. The number of aliphatic imine (C=N–C) groups is 1. The second kappa shape index (κ2) is 14.0. The average Bonchev–Trinajstić information content (AvgIpc) is 2.39. The van der Waals surface area contributed by atoms with Crippen LogP contribution in [0.3, 0.4) is 0 Å². The lowest BCUT2D eigenvalue weighted by Gasteiger charge is -2.16. The van der Waals surface area contributed by atoms with Crippen LogP contribution in [0, 0.1) is 0 Å². The van der Waals surface area contributed by atoms with Gasteiger partial charge in [0.25, 0.3) is 0 Å². The number of ether oxygens (including phenoxy) is 1. The summed E-state index contributed by atoms with van der Waals surface area (Å²) >= 11 is 1.84. The van der Waals surface area contributed by atoms with Crippen LogP contribution in [0.25, 0.3) is 0 Å². The molecule has 0 unspecified atom stereocenters. The molecule has 0 saturated carbocycles. The number of rotatable bonds is 11. The van der Waals surface area contributed by atoms with E-state index in [2.05, 4.69) is 40.8 Å². The van der Waals surface area contributed by atoms with Crippen molar-refractivity contribution in [2.24, 2.45) is 4.99 Å². The average molecular weight is 290 g/mol. The minimum atomic E-state index is 0.818. The van der Waals surface area contributed by atoms with Gasteiger partial charge >= 0.3 is 0 Å². The van der Waals surface area contributed by atoms with Gasteiger partial charge in [0.1, 0.15) is 0 Å². The Morgan fingerprint density at radius 1 is 1.32 bits per heavy atom. The fourth-order valence-corrected chi connectivity index (χ4v) is 1.84. The summed E-state index contributed by atoms with van der Waals surface area (Å²) in [6, 6.07) is 0. The third-order valence-electron chi connectivity index (χ3n) is 2.58. The summed E-state index contributed by atoms with van der Waals surface area (Å²) < 4.78 is 5.05. The Hall–Kier alpha value is -0.460. The van der Waals surface area contributed by atoms with Crippen molar-refractivity contribution in [1.29, 1.82) is 0 Å². The van der Waals surface area contributed by atoms with Crippen molar-refractivity contribution in [3.05, 3.63) is 0 Å². The van der Waals surface area contributed by atoms with E-state index in [-0.39, 0.29) is 0 Å². The zero-order valence-corrected chi connectivity index (χ0v) is 13.7. The van der Waals surface area contributed by atoms with Gasteiger partial charge in [0.2, 0.25) is 0 Å². The van der Waals surface area contributed by atoms with E-state index in [0.717, 1.165) is 57.5 Å². The molecule has 0 rings (SSSR count). The summed E-state index contributed by atoms with van der Waals surface area (Å²) in [7, 11) is 3.87. The fourth-order valence-electron chi connectivity index (χ4n) is 1.54. The fraction of sp³-hybridized carbons (Fsp3) is 0.923. The highest BCUT2D eigenvalue weighted by molar-refractivity contribution is 7.98. The molecule has 0 aromatic carbocycles. The highest BCUT2D eigenvalue weighted by atomic mass is 32.2. The van der Waals surface area contributed by atoms with Crippen molar-refractivity contribution in [1.82, 2.24) is 15.5 Å². The predicted octanol–water partition coefficient (Wildman–Crippen LogP) is 0.873. The maximum absolute atomic E-state index is 5.05. The Labute approximate surface area is 122 Å². The first-order valence-corrected chi connectivity index (χ1v) is 8.32. The van der Waals surface area contributed by atoms with E-state index in [9.17, 15) is 0 Å². The molecule has 0 aromatic rings. The molecular formula is C13H30N4OS. The van der Waals surface area contributed by atoms with Gasteiger partial charge in [-0.1, -0.05) is 0 Å². The van der Waals surface area contributed by atoms with Crippen molar-refractivity contribution in [2.45, 2.75) is 13.3 Å². The molecule has 19 heavy (non-hydrogen) atoms. The van der Waals surface area contributed by atoms with Crippen LogP contribution in [0.15, 0.2) is 4.99 Å². The smallest absolute Gasteiger partial charge is 0.191 e. The second-order valence-electron chi connectivity index (χ2n) is 4.33. The Balaban J connectivity index is 3.81. The van der Waals surface area contributed by atoms with Crippen LogP contribution >= 0.6 is 11.8 Å². The van der Waals surface area contributed by atoms with Crippen LogP contribution in [0.5, 0.6) is 0 Å². The van der Waals surface area contributed by atoms with Crippen LogP contribution in [-0.4, -0.2) is 76.4 Å². The summed E-state index contributed by atoms with van der Waals surface area (Å²) in [6.45, 7) is 7.61. The lowest BCUT2D eigenvalue weighted by Crippen LogP contribution is -2.39. The molecule has 0 fully saturated rings. The van der Waals surface area contributed by atoms with Crippen molar-refractivity contribution in [3.63, 3.8) is 0 Å². The van der Waals surface area contributed by atoms with Gasteiger partial charge in [-0.05, 0) is 26.6 Å². The van der Waals surface area contributed by atoms with E-state index in [1.54, 1.807) is 7.11 Å². The van der Waals surface area contributed by atoms with Crippen molar-refractivity contribution in [2.75, 3.05) is 65.5 Å². The number of nitrogens with zero attached hydrogens (tertiary/aromatic N) is 2. The first-order chi connectivity index (χ1) is 9.24. The molecule has 0 amide bonds. The molecule has 0 saturated heterocycles. The molecule has 0 aliphatic rings. The number of thioether (sulfide) groups is 1. The van der Waals surface area contributed by atoms with Gasteiger partial charge in [-0.25, -0.2) is 0 Å². The van der Waals surface area contributed by atoms with Gasteiger partial charge < -0.3 is 20.3 Å². The molecule has 0 aliphatic carbocycles. The third kappa shape index (κ3) is 12.3. The lowest BCUT2D eigenvalue weighted by atomic mass is 10.4. The molecule has 6 heteroatoms. The van der Waals surface area contributed by atoms with Crippen LogP contribution in [-0.2, 0) is 4.74 Å². The Morgan fingerprint density at radius 3 is 2.74 bits per heavy atom. The monoisotopic (exact) mass is 290 g/mol. The first kappa shape index (κ1) is 18.5. The molecule has 0 aliphatic heterocycles. The van der Waals surface area contributed by atoms with E-state index in [0.29, 0.717) is 0 Å². The molecule has 0 bridgehead atoms. The Bertz CT molecular complexity index is 227. The highest BCUT2D eigenvalue weighted by Gasteiger charge is 1.99. The summed E-state index contributed by atoms with van der Waals surface area (Å²) in [6.07, 6.45) is 3.18. The van der Waals surface area contributed by atoms with E-state index < -0.39 is 0 Å². The van der Waals surface area contributed by atoms with Crippen molar-refractivity contribution < 1.29 is 4.74 Å². The predicted molar refractivity (Wildman–Crippen MR) is 86.4 cm³/mol. The summed E-state index contributed by atoms with van der Waals surface area (Å²) in [5.41, 5.74) is 0. The lowest BCUT2D eigenvalue weighted by molar-refractivity contribution is 0.180. The standard InChI is InChI=1S/C13H30N4OS/c1-5-14-13(16-8-12-19-4)15-7-10-17(2)9-6-11-18-3/h5-12H2,1-4H3,(H2,14,15,16). The van der Waals surface area contributed by atoms with Gasteiger partial charge in [0, 0.05) is 45.6 Å². The number of hydrogen-bond acceptors (Lipinski definition) is 4. The number of guanidine groups is 1. The molecule has 0 heterocycles. The minimum Gasteiger partial charge on any atom is -0.385 e. The van der Waals surface area contributed by atoms with E-state index in [1.807, 2.05) is 11.8 Å². The van der Waals surface area contributed by atoms with E-state index in [4.69, 9.17) is 4.74 Å². The van der Waals surface area contributed by atoms with Crippen LogP contribution in [0.4, 0.5) is 0 Å². The van der Waals surface area contributed by atoms with Crippen molar-refractivity contribution >= 4 is 17.7 Å². The molecule has 5 nitrogen and oxygen atoms in total. The highest BCUT2D eigenvalue weighted by Crippen LogP contribution is 1.89. The molecule has 0 radical (unpaired) electrons. The Kier molecular flexibility index (Phi) is 13.6. The second-order valence-corrected chi connectivity index (χ2v) is 5.32. The number of hydrogen-bond donors (Lipinski definition) is 2. The van der Waals surface area contributed by atoms with E-state index in [1.165, 1.54) is 0 Å². The Morgan fingerprint density at radius 2 is 2.11 bits per heavy atom. The van der Waals surface area contributed by atoms with Crippen LogP contribution in [0.2, 0.25) is 0 Å². The largest absolute Gasteiger partial charge is 0.385 e. The zero-order valence-electron chi connectivity index (χ0n) is 12.9. The van der Waals surface area contributed by atoms with E-state index >= 15 is 0 Å². The maximum Gasteiger partial charge on any atom is 0.191 e. The van der Waals surface area contributed by atoms with Gasteiger partial charge in [0.05, 0.1) is 6.54 Å². The van der Waals surface area contributed by atoms with Crippen LogP contribution in [0.1, 0.15) is 13.3 Å². The normalized spacial score (nSPS) is 11.9. The van der Waals surface area contributed by atoms with Gasteiger partial charge in [-0.3, -0.25) is 4.99 Å². The third-order valence-corrected chi connectivity index (χ3v) is 3.20. The quantitative estimate of drug-likeness (QED) is 0.336. The molecule has 114 valence electrons. The zero-order chi connectivity index (χ0) is 14.3. The minimum absolute atomic E-state index is 0.818. The molecular weight excluding hydrogens is 260 g/mol. The summed E-state index contributed by atoms with van der Waals surface area (Å²) in [5.74, 6) is 2.02. The van der Waals surface area contributed by atoms with Gasteiger partial charge in [-0.2, -0.15) is 11.8 Å². The molecule has 0 atom stereocenters. The van der Waals surface area contributed by atoms with Gasteiger partial charge in [-0.15, -0.1) is 0 Å². The summed E-state index contributed by atoms with van der Waals surface area (Å²) in [5, 5.41) is 6.59. The number of likely N-dealkylation sites (N-methyl/N-ethyl adjacent to an activating group) is 1. The molecule has 2 N–H and O–H groups in total. The van der Waals surface area contributed by atoms with Crippen molar-refractivity contribution in [3.8, 4) is 0 Å². The molecule has 0 aromatic heterocycles. The van der Waals surface area contributed by atoms with Crippen LogP contribution < -0.4 is 10.6 Å². The first-order valence-electron chi connectivity index (χ1n) is 6.93. The SMILES string of the molecule is CCNC(=NCCN(C)CCCOC)NCCSC. The van der Waals surface area contributed by atoms with Gasteiger partial charge in [0.15, 0.2) is 5.96 Å². The maximum atomic E-state index is 5.05.